The van der Waals surface area contributed by atoms with Crippen LogP contribution in [0.2, 0.25) is 4.34 Å². The van der Waals surface area contributed by atoms with Crippen molar-refractivity contribution in [1.82, 2.24) is 5.32 Å². The lowest BCUT2D eigenvalue weighted by atomic mass is 9.83. The Morgan fingerprint density at radius 2 is 1.86 bits per heavy atom. The summed E-state index contributed by atoms with van der Waals surface area (Å²) in [4.78, 5) is 13.6. The van der Waals surface area contributed by atoms with E-state index in [4.69, 9.17) is 17.3 Å². The first-order chi connectivity index (χ1) is 9.80. The van der Waals surface area contributed by atoms with Crippen LogP contribution in [0.1, 0.15) is 37.3 Å². The normalized spacial score (nSPS) is 13.0. The van der Waals surface area contributed by atoms with E-state index in [1.54, 1.807) is 0 Å². The summed E-state index contributed by atoms with van der Waals surface area (Å²) in [5.41, 5.74) is 6.70. The van der Waals surface area contributed by atoms with E-state index in [-0.39, 0.29) is 11.9 Å². The molecule has 0 aliphatic rings. The lowest BCUT2D eigenvalue weighted by molar-refractivity contribution is -0.126. The number of amides is 1. The van der Waals surface area contributed by atoms with Gasteiger partial charge in [0, 0.05) is 10.6 Å². The largest absolute Gasteiger partial charge is 0.399 e. The molecule has 1 heterocycles. The summed E-state index contributed by atoms with van der Waals surface area (Å²) < 4.78 is 0.726. The van der Waals surface area contributed by atoms with Crippen molar-refractivity contribution < 1.29 is 4.79 Å². The van der Waals surface area contributed by atoms with Gasteiger partial charge in [-0.1, -0.05) is 23.7 Å². The maximum absolute atomic E-state index is 12.6. The third-order valence-electron chi connectivity index (χ3n) is 3.57. The maximum atomic E-state index is 12.6. The Morgan fingerprint density at radius 1 is 1.24 bits per heavy atom. The Kier molecular flexibility index (Phi) is 4.59. The van der Waals surface area contributed by atoms with Gasteiger partial charge in [-0.25, -0.2) is 0 Å². The highest BCUT2D eigenvalue weighted by atomic mass is 35.5. The molecule has 1 aromatic carbocycles. The van der Waals surface area contributed by atoms with Gasteiger partial charge in [-0.05, 0) is 50.6 Å². The fraction of sp³-hybridized carbons (Fsp3) is 0.312. The van der Waals surface area contributed by atoms with Crippen molar-refractivity contribution in [2.24, 2.45) is 0 Å². The highest BCUT2D eigenvalue weighted by molar-refractivity contribution is 7.16. The van der Waals surface area contributed by atoms with Crippen LogP contribution in [0, 0.1) is 0 Å². The SMILES string of the molecule is CC(NC(=O)C(C)(C)c1ccc(N)cc1)c1ccc(Cl)s1. The van der Waals surface area contributed by atoms with Crippen LogP contribution >= 0.6 is 22.9 Å². The third-order valence-corrected chi connectivity index (χ3v) is 4.98. The molecule has 5 heteroatoms. The number of carbonyl (C=O) groups excluding carboxylic acids is 1. The lowest BCUT2D eigenvalue weighted by Gasteiger charge is -2.26. The first-order valence-corrected chi connectivity index (χ1v) is 7.92. The van der Waals surface area contributed by atoms with Crippen LogP contribution in [-0.2, 0) is 10.2 Å². The van der Waals surface area contributed by atoms with Crippen LogP contribution in [0.3, 0.4) is 0 Å². The van der Waals surface area contributed by atoms with Crippen LogP contribution in [0.15, 0.2) is 36.4 Å². The van der Waals surface area contributed by atoms with Crippen molar-refractivity contribution in [2.75, 3.05) is 5.73 Å². The average Bonchev–Trinajstić information content (AvgIpc) is 2.86. The molecular weight excluding hydrogens is 304 g/mol. The molecule has 1 unspecified atom stereocenters. The zero-order chi connectivity index (χ0) is 15.6. The number of hydrogen-bond acceptors (Lipinski definition) is 3. The van der Waals surface area contributed by atoms with Crippen LogP contribution < -0.4 is 11.1 Å². The van der Waals surface area contributed by atoms with E-state index in [0.717, 1.165) is 14.8 Å². The number of hydrogen-bond donors (Lipinski definition) is 2. The summed E-state index contributed by atoms with van der Waals surface area (Å²) in [7, 11) is 0. The predicted molar refractivity (Wildman–Crippen MR) is 89.8 cm³/mol. The Morgan fingerprint density at radius 3 is 2.38 bits per heavy atom. The number of nitrogens with two attached hydrogens (primary N) is 1. The topological polar surface area (TPSA) is 55.1 Å². The van der Waals surface area contributed by atoms with Crippen LogP contribution in [0.5, 0.6) is 0 Å². The van der Waals surface area contributed by atoms with Crippen molar-refractivity contribution in [1.29, 1.82) is 0 Å². The fourth-order valence-corrected chi connectivity index (χ4v) is 3.10. The molecule has 0 spiro atoms. The molecule has 112 valence electrons. The van der Waals surface area contributed by atoms with Gasteiger partial charge in [-0.15, -0.1) is 11.3 Å². The van der Waals surface area contributed by atoms with Gasteiger partial charge in [0.05, 0.1) is 15.8 Å². The number of thiophene rings is 1. The second-order valence-electron chi connectivity index (χ2n) is 5.58. The van der Waals surface area contributed by atoms with E-state index in [1.165, 1.54) is 11.3 Å². The number of rotatable bonds is 4. The van der Waals surface area contributed by atoms with Crippen LogP contribution in [0.25, 0.3) is 0 Å². The fourth-order valence-electron chi connectivity index (χ4n) is 2.04. The number of benzene rings is 1. The van der Waals surface area contributed by atoms with Gasteiger partial charge in [0.15, 0.2) is 0 Å². The van der Waals surface area contributed by atoms with E-state index in [1.807, 2.05) is 57.2 Å². The second kappa shape index (κ2) is 6.08. The smallest absolute Gasteiger partial charge is 0.230 e. The summed E-state index contributed by atoms with van der Waals surface area (Å²) in [6.45, 7) is 5.77. The molecule has 0 radical (unpaired) electrons. The molecule has 1 amide bonds. The molecule has 0 aliphatic carbocycles. The molecule has 1 aromatic heterocycles. The van der Waals surface area contributed by atoms with Gasteiger partial charge >= 0.3 is 0 Å². The number of carbonyl (C=O) groups is 1. The van der Waals surface area contributed by atoms with Gasteiger partial charge < -0.3 is 11.1 Å². The molecule has 2 aromatic rings. The minimum atomic E-state index is -0.622. The molecule has 0 aliphatic heterocycles. The van der Waals surface area contributed by atoms with Gasteiger partial charge in [-0.2, -0.15) is 0 Å². The zero-order valence-electron chi connectivity index (χ0n) is 12.3. The van der Waals surface area contributed by atoms with Crippen molar-refractivity contribution >= 4 is 34.5 Å². The van der Waals surface area contributed by atoms with Crippen molar-refractivity contribution in [3.63, 3.8) is 0 Å². The maximum Gasteiger partial charge on any atom is 0.230 e. The van der Waals surface area contributed by atoms with E-state index in [9.17, 15) is 4.79 Å². The monoisotopic (exact) mass is 322 g/mol. The molecule has 3 nitrogen and oxygen atoms in total. The standard InChI is InChI=1S/C16H19ClN2OS/c1-10(13-8-9-14(17)21-13)19-15(20)16(2,3)11-4-6-12(18)7-5-11/h4-10H,18H2,1-3H3,(H,19,20). The Labute approximate surface area is 134 Å². The van der Waals surface area contributed by atoms with Gasteiger partial charge in [0.25, 0.3) is 0 Å². The molecule has 21 heavy (non-hydrogen) atoms. The van der Waals surface area contributed by atoms with Crippen LogP contribution in [-0.4, -0.2) is 5.91 Å². The number of halogens is 1. The van der Waals surface area contributed by atoms with Gasteiger partial charge in [-0.3, -0.25) is 4.79 Å². The van der Waals surface area contributed by atoms with Gasteiger partial charge in [0.2, 0.25) is 5.91 Å². The number of nitrogen functional groups attached to an aromatic ring is 1. The summed E-state index contributed by atoms with van der Waals surface area (Å²) in [5, 5.41) is 3.04. The van der Waals surface area contributed by atoms with E-state index < -0.39 is 5.41 Å². The zero-order valence-corrected chi connectivity index (χ0v) is 13.9. The van der Waals surface area contributed by atoms with Gasteiger partial charge in [0.1, 0.15) is 0 Å². The summed E-state index contributed by atoms with van der Waals surface area (Å²) in [6, 6.07) is 11.1. The third kappa shape index (κ3) is 3.57. The summed E-state index contributed by atoms with van der Waals surface area (Å²) in [6.07, 6.45) is 0. The average molecular weight is 323 g/mol. The first kappa shape index (κ1) is 15.9. The summed E-state index contributed by atoms with van der Waals surface area (Å²) >= 11 is 7.42. The quantitative estimate of drug-likeness (QED) is 0.831. The molecule has 0 saturated carbocycles. The minimum Gasteiger partial charge on any atom is -0.399 e. The molecule has 0 fully saturated rings. The van der Waals surface area contributed by atoms with Crippen molar-refractivity contribution in [3.05, 3.63) is 51.2 Å². The molecule has 0 saturated heterocycles. The molecular formula is C16H19ClN2OS. The Hall–Kier alpha value is -1.52. The predicted octanol–water partition coefficient (Wildman–Crippen LogP) is 4.14. The van der Waals surface area contributed by atoms with Crippen molar-refractivity contribution in [3.8, 4) is 0 Å². The molecule has 1 atom stereocenters. The van der Waals surface area contributed by atoms with E-state index in [2.05, 4.69) is 5.32 Å². The Balaban J connectivity index is 2.13. The second-order valence-corrected chi connectivity index (χ2v) is 7.33. The molecule has 3 N–H and O–H groups in total. The number of anilines is 1. The van der Waals surface area contributed by atoms with Crippen molar-refractivity contribution in [2.45, 2.75) is 32.2 Å². The molecule has 2 rings (SSSR count). The highest BCUT2D eigenvalue weighted by Crippen LogP contribution is 2.29. The first-order valence-electron chi connectivity index (χ1n) is 6.73. The highest BCUT2D eigenvalue weighted by Gasteiger charge is 2.30. The lowest BCUT2D eigenvalue weighted by Crippen LogP contribution is -2.41. The minimum absolute atomic E-state index is 0.0238. The van der Waals surface area contributed by atoms with E-state index >= 15 is 0 Å². The Bertz CT molecular complexity index is 634. The van der Waals surface area contributed by atoms with E-state index in [0.29, 0.717) is 5.69 Å². The number of nitrogens with one attached hydrogen (secondary N) is 1. The summed E-state index contributed by atoms with van der Waals surface area (Å²) in [5.74, 6) is -0.0238. The molecule has 0 bridgehead atoms. The van der Waals surface area contributed by atoms with Crippen LogP contribution in [0.4, 0.5) is 5.69 Å².